The fraction of sp³-hybridized carbons (Fsp3) is 0.257. The number of ether oxygens (including phenoxy) is 1. The number of carboxylic acids is 1. The lowest BCUT2D eigenvalue weighted by atomic mass is 9.94. The molecule has 252 valence electrons. The summed E-state index contributed by atoms with van der Waals surface area (Å²) < 4.78 is 95.4. The van der Waals surface area contributed by atoms with Gasteiger partial charge in [-0.2, -0.15) is 26.3 Å². The second-order valence-electron chi connectivity index (χ2n) is 11.4. The molecule has 0 unspecified atom stereocenters. The Morgan fingerprint density at radius 1 is 0.854 bits per heavy atom. The van der Waals surface area contributed by atoms with Crippen molar-refractivity contribution in [1.29, 1.82) is 0 Å². The number of nitrogens with zero attached hydrogens (tertiary/aromatic N) is 1. The summed E-state index contributed by atoms with van der Waals surface area (Å²) in [5.41, 5.74) is 2.28. The third-order valence-electron chi connectivity index (χ3n) is 8.34. The van der Waals surface area contributed by atoms with Crippen LogP contribution < -0.4 is 10.1 Å². The first-order valence-electron chi connectivity index (χ1n) is 14.7. The van der Waals surface area contributed by atoms with E-state index in [1.54, 1.807) is 23.1 Å². The van der Waals surface area contributed by atoms with Gasteiger partial charge in [0.2, 0.25) is 0 Å². The van der Waals surface area contributed by atoms with E-state index >= 15 is 0 Å². The summed E-state index contributed by atoms with van der Waals surface area (Å²) >= 11 is 0. The highest BCUT2D eigenvalue weighted by Crippen LogP contribution is 2.39. The Balaban J connectivity index is 0.000000198. The van der Waals surface area contributed by atoms with Crippen LogP contribution in [-0.4, -0.2) is 41.7 Å². The molecule has 0 saturated carbocycles. The Bertz CT molecular complexity index is 1840. The molecule has 2 amide bonds. The highest BCUT2D eigenvalue weighted by atomic mass is 19.4. The molecule has 2 N–H and O–H groups in total. The second kappa shape index (κ2) is 13.2. The largest absolute Gasteiger partial charge is 0.496 e. The number of carboxylic acid groups (broad SMARTS) is 1. The van der Waals surface area contributed by atoms with Crippen LogP contribution in [0.3, 0.4) is 0 Å². The van der Waals surface area contributed by atoms with Gasteiger partial charge in [0.1, 0.15) is 11.6 Å². The third-order valence-corrected chi connectivity index (χ3v) is 8.34. The smallest absolute Gasteiger partial charge is 0.416 e. The lowest BCUT2D eigenvalue weighted by Gasteiger charge is -2.19. The van der Waals surface area contributed by atoms with Crippen molar-refractivity contribution in [2.75, 3.05) is 13.7 Å². The lowest BCUT2D eigenvalue weighted by Crippen LogP contribution is -2.28. The molecule has 13 heteroatoms. The van der Waals surface area contributed by atoms with E-state index in [0.29, 0.717) is 35.9 Å². The molecule has 2 saturated heterocycles. The van der Waals surface area contributed by atoms with Crippen LogP contribution in [0, 0.1) is 12.7 Å². The third kappa shape index (κ3) is 7.24. The van der Waals surface area contributed by atoms with Crippen molar-refractivity contribution in [2.45, 2.75) is 44.2 Å². The monoisotopic (exact) mass is 674 g/mol. The summed E-state index contributed by atoms with van der Waals surface area (Å²) in [6.07, 6.45) is -7.47. The first-order valence-corrected chi connectivity index (χ1v) is 14.7. The van der Waals surface area contributed by atoms with Crippen molar-refractivity contribution in [1.82, 2.24) is 10.2 Å². The number of rotatable bonds is 5. The molecule has 2 fully saturated rings. The topological polar surface area (TPSA) is 78.9 Å². The van der Waals surface area contributed by atoms with Crippen molar-refractivity contribution in [2.24, 2.45) is 0 Å². The van der Waals surface area contributed by atoms with Gasteiger partial charge in [0.05, 0.1) is 35.9 Å². The number of amides is 2. The van der Waals surface area contributed by atoms with E-state index in [1.165, 1.54) is 25.3 Å². The van der Waals surface area contributed by atoms with Crippen LogP contribution in [0.5, 0.6) is 5.75 Å². The maximum absolute atomic E-state index is 13.4. The Hall–Kier alpha value is -5.07. The minimum atomic E-state index is -4.60. The number of alkyl halides is 6. The molecule has 0 aliphatic carbocycles. The summed E-state index contributed by atoms with van der Waals surface area (Å²) in [6, 6.07) is 16.5. The average molecular weight is 675 g/mol. The minimum absolute atomic E-state index is 0.167. The van der Waals surface area contributed by atoms with Crippen LogP contribution in [0.2, 0.25) is 0 Å². The van der Waals surface area contributed by atoms with Crippen molar-refractivity contribution >= 4 is 12.0 Å². The van der Waals surface area contributed by atoms with Gasteiger partial charge in [-0.25, -0.2) is 14.0 Å². The van der Waals surface area contributed by atoms with Gasteiger partial charge in [0, 0.05) is 12.1 Å². The standard InChI is InChI=1S/C22H17F3O3.C13H12F4N2O/c1-13-11-16(21(26)27)5-9-18(13)15-6-10-20(28-2)19(12-15)14-3-7-17(8-4-14)22(23,24)25;14-9-5-7(4-8(6-9)13(15,16)17)11-10-2-1-3-19(10)12(20)18-11/h3-12H,1-2H3,(H,26,27);4-6,10-11H,1-3H2,(H,18,20)/t;10-,11+/m.0/s1. The van der Waals surface area contributed by atoms with Gasteiger partial charge in [-0.1, -0.05) is 24.3 Å². The van der Waals surface area contributed by atoms with E-state index in [2.05, 4.69) is 5.32 Å². The number of fused-ring (bicyclic) bond motifs is 1. The maximum atomic E-state index is 13.4. The maximum Gasteiger partial charge on any atom is 0.416 e. The van der Waals surface area contributed by atoms with Crippen molar-refractivity contribution in [3.05, 3.63) is 112 Å². The summed E-state index contributed by atoms with van der Waals surface area (Å²) in [4.78, 5) is 24.4. The van der Waals surface area contributed by atoms with E-state index in [0.717, 1.165) is 47.4 Å². The zero-order valence-electron chi connectivity index (χ0n) is 25.5. The molecular weight excluding hydrogens is 645 g/mol. The molecule has 4 aromatic rings. The van der Waals surface area contributed by atoms with E-state index in [-0.39, 0.29) is 23.2 Å². The first-order chi connectivity index (χ1) is 22.6. The normalized spacial score (nSPS) is 17.4. The van der Waals surface area contributed by atoms with Crippen molar-refractivity contribution in [3.63, 3.8) is 0 Å². The molecule has 2 aliphatic heterocycles. The van der Waals surface area contributed by atoms with Crippen molar-refractivity contribution < 1.29 is 50.2 Å². The van der Waals surface area contributed by atoms with E-state index in [9.17, 15) is 40.3 Å². The Kier molecular flexibility index (Phi) is 9.43. The highest BCUT2D eigenvalue weighted by molar-refractivity contribution is 5.89. The highest BCUT2D eigenvalue weighted by Gasteiger charge is 2.43. The fourth-order valence-electron chi connectivity index (χ4n) is 6.02. The first kappa shape index (κ1) is 34.3. The van der Waals surface area contributed by atoms with Crippen LogP contribution in [-0.2, 0) is 12.4 Å². The van der Waals surface area contributed by atoms with Crippen LogP contribution in [0.25, 0.3) is 22.3 Å². The molecule has 0 bridgehead atoms. The molecule has 6 rings (SSSR count). The Labute approximate surface area is 270 Å². The van der Waals surface area contributed by atoms with Gasteiger partial charge in [-0.15, -0.1) is 0 Å². The van der Waals surface area contributed by atoms with Crippen LogP contribution in [0.1, 0.15) is 51.5 Å². The van der Waals surface area contributed by atoms with Gasteiger partial charge in [-0.3, -0.25) is 0 Å². The molecule has 2 atom stereocenters. The predicted molar refractivity (Wildman–Crippen MR) is 163 cm³/mol. The fourth-order valence-corrected chi connectivity index (χ4v) is 6.02. The molecule has 0 radical (unpaired) electrons. The Morgan fingerprint density at radius 3 is 2.12 bits per heavy atom. The van der Waals surface area contributed by atoms with E-state index < -0.39 is 41.3 Å². The second-order valence-corrected chi connectivity index (χ2v) is 11.4. The number of aryl methyl sites for hydroxylation is 1. The van der Waals surface area contributed by atoms with Gasteiger partial charge in [-0.05, 0) is 102 Å². The number of nitrogens with one attached hydrogen (secondary N) is 1. The van der Waals surface area contributed by atoms with Gasteiger partial charge < -0.3 is 20.1 Å². The van der Waals surface area contributed by atoms with Crippen molar-refractivity contribution in [3.8, 4) is 28.0 Å². The summed E-state index contributed by atoms with van der Waals surface area (Å²) in [5.74, 6) is -1.42. The number of urea groups is 1. The lowest BCUT2D eigenvalue weighted by molar-refractivity contribution is -0.138. The molecule has 0 aromatic heterocycles. The Morgan fingerprint density at radius 2 is 1.52 bits per heavy atom. The van der Waals surface area contributed by atoms with Gasteiger partial charge >= 0.3 is 24.4 Å². The van der Waals surface area contributed by atoms with E-state index in [4.69, 9.17) is 9.84 Å². The molecule has 2 heterocycles. The SMILES string of the molecule is COc1ccc(-c2ccc(C(=O)O)cc2C)cc1-c1ccc(C(F)(F)F)cc1.O=C1N[C@H](c2cc(F)cc(C(F)(F)F)c2)[C@@H]2CCCN12. The number of methoxy groups -OCH3 is 1. The summed E-state index contributed by atoms with van der Waals surface area (Å²) in [7, 11) is 1.50. The molecule has 0 spiro atoms. The summed E-state index contributed by atoms with van der Waals surface area (Å²) in [6.45, 7) is 2.40. The molecule has 2 aliphatic rings. The average Bonchev–Trinajstić information content (AvgIpc) is 3.64. The van der Waals surface area contributed by atoms with Gasteiger partial charge in [0.15, 0.2) is 0 Å². The zero-order valence-corrected chi connectivity index (χ0v) is 25.5. The molecule has 6 nitrogen and oxygen atoms in total. The number of hydrogen-bond donors (Lipinski definition) is 2. The van der Waals surface area contributed by atoms with E-state index in [1.807, 2.05) is 19.1 Å². The number of halogens is 7. The van der Waals surface area contributed by atoms with Crippen LogP contribution in [0.15, 0.2) is 78.9 Å². The van der Waals surface area contributed by atoms with Gasteiger partial charge in [0.25, 0.3) is 0 Å². The molecule has 48 heavy (non-hydrogen) atoms. The molecule has 4 aromatic carbocycles. The number of hydrogen-bond acceptors (Lipinski definition) is 3. The zero-order chi connectivity index (χ0) is 35.0. The number of benzene rings is 4. The quantitative estimate of drug-likeness (QED) is 0.207. The minimum Gasteiger partial charge on any atom is -0.496 e. The summed E-state index contributed by atoms with van der Waals surface area (Å²) in [5, 5.41) is 11.7. The van der Waals surface area contributed by atoms with Crippen LogP contribution in [0.4, 0.5) is 35.5 Å². The predicted octanol–water partition coefficient (Wildman–Crippen LogP) is 9.13. The number of carbonyl (C=O) groups is 2. The van der Waals surface area contributed by atoms with Crippen LogP contribution >= 0.6 is 0 Å². The molecular formula is C35H29F7N2O4. The number of carbonyl (C=O) groups excluding carboxylic acids is 1. The number of aromatic carboxylic acids is 1.